The van der Waals surface area contributed by atoms with Crippen LogP contribution in [-0.4, -0.2) is 23.0 Å². The summed E-state index contributed by atoms with van der Waals surface area (Å²) in [6.45, 7) is 0. The monoisotopic (exact) mass is 304 g/mol. The van der Waals surface area contributed by atoms with Gasteiger partial charge >= 0.3 is 5.00 Å². The molecule has 0 aliphatic rings. The number of hydrogen-bond donors (Lipinski definition) is 1. The quantitative estimate of drug-likeness (QED) is 0.534. The first kappa shape index (κ1) is 14.7. The van der Waals surface area contributed by atoms with Crippen molar-refractivity contribution in [2.45, 2.75) is 0 Å². The summed E-state index contributed by atoms with van der Waals surface area (Å²) in [6.07, 6.45) is 2.89. The molecular formula is C14H12N2O4S. The van der Waals surface area contributed by atoms with E-state index in [2.05, 4.69) is 0 Å². The van der Waals surface area contributed by atoms with Crippen molar-refractivity contribution in [1.29, 1.82) is 0 Å². The molecule has 1 aromatic carbocycles. The maximum atomic E-state index is 12.0. The van der Waals surface area contributed by atoms with Gasteiger partial charge in [0.05, 0.1) is 4.92 Å². The molecule has 0 saturated heterocycles. The first-order chi connectivity index (χ1) is 9.97. The van der Waals surface area contributed by atoms with E-state index in [1.54, 1.807) is 25.2 Å². The molecule has 1 amide bonds. The zero-order chi connectivity index (χ0) is 15.4. The minimum Gasteiger partial charge on any atom is -0.508 e. The Morgan fingerprint density at radius 1 is 1.29 bits per heavy atom. The lowest BCUT2D eigenvalue weighted by Gasteiger charge is -2.14. The van der Waals surface area contributed by atoms with E-state index in [-0.39, 0.29) is 16.7 Å². The average molecular weight is 304 g/mol. The van der Waals surface area contributed by atoms with Crippen LogP contribution in [0, 0.1) is 10.1 Å². The molecule has 6 nitrogen and oxygen atoms in total. The van der Waals surface area contributed by atoms with Gasteiger partial charge in [-0.3, -0.25) is 14.9 Å². The molecule has 0 aliphatic carbocycles. The highest BCUT2D eigenvalue weighted by Gasteiger charge is 2.10. The number of aromatic hydroxyl groups is 1. The lowest BCUT2D eigenvalue weighted by atomic mass is 10.2. The van der Waals surface area contributed by atoms with Crippen molar-refractivity contribution >= 4 is 34.0 Å². The molecule has 1 heterocycles. The highest BCUT2D eigenvalue weighted by atomic mass is 32.1. The van der Waals surface area contributed by atoms with Gasteiger partial charge in [0.1, 0.15) is 5.75 Å². The Balaban J connectivity index is 2.07. The van der Waals surface area contributed by atoms with Gasteiger partial charge in [0, 0.05) is 29.8 Å². The maximum Gasteiger partial charge on any atom is 0.324 e. The predicted octanol–water partition coefficient (Wildman–Crippen LogP) is 3.04. The van der Waals surface area contributed by atoms with Gasteiger partial charge in [0.15, 0.2) is 0 Å². The van der Waals surface area contributed by atoms with Crippen molar-refractivity contribution in [1.82, 2.24) is 0 Å². The van der Waals surface area contributed by atoms with E-state index in [4.69, 9.17) is 0 Å². The second-order valence-corrected chi connectivity index (χ2v) is 5.27. The van der Waals surface area contributed by atoms with Gasteiger partial charge in [-0.2, -0.15) is 0 Å². The summed E-state index contributed by atoms with van der Waals surface area (Å²) in [5, 5.41) is 19.8. The van der Waals surface area contributed by atoms with Gasteiger partial charge < -0.3 is 10.0 Å². The SMILES string of the molecule is CN(C(=O)/C=C/c1ccc([N+](=O)[O-])s1)c1ccc(O)cc1. The molecule has 7 heteroatoms. The molecule has 0 atom stereocenters. The van der Waals surface area contributed by atoms with Crippen LogP contribution >= 0.6 is 11.3 Å². The molecule has 0 saturated carbocycles. The Kier molecular flexibility index (Phi) is 4.34. The number of carbonyl (C=O) groups excluding carboxylic acids is 1. The third kappa shape index (κ3) is 3.67. The van der Waals surface area contributed by atoms with Crippen molar-refractivity contribution in [3.63, 3.8) is 0 Å². The number of phenolic OH excluding ortho intramolecular Hbond substituents is 1. The van der Waals surface area contributed by atoms with Crippen molar-refractivity contribution in [3.05, 3.63) is 57.5 Å². The molecule has 2 aromatic rings. The average Bonchev–Trinajstić information content (AvgIpc) is 2.94. The number of amides is 1. The minimum absolute atomic E-state index is 0.0361. The standard InChI is InChI=1S/C14H12N2O4S/c1-15(10-2-4-11(17)5-3-10)13(18)8-6-12-7-9-14(21-12)16(19)20/h2-9,17H,1H3/b8-6+. The molecular weight excluding hydrogens is 292 g/mol. The van der Waals surface area contributed by atoms with Crippen LogP contribution in [-0.2, 0) is 4.79 Å². The van der Waals surface area contributed by atoms with E-state index in [0.717, 1.165) is 11.3 Å². The molecule has 2 rings (SSSR count). The Hall–Kier alpha value is -2.67. The zero-order valence-electron chi connectivity index (χ0n) is 11.1. The Morgan fingerprint density at radius 2 is 1.95 bits per heavy atom. The number of phenols is 1. The van der Waals surface area contributed by atoms with Crippen molar-refractivity contribution in [2.24, 2.45) is 0 Å². The van der Waals surface area contributed by atoms with E-state index < -0.39 is 4.92 Å². The maximum absolute atomic E-state index is 12.0. The second kappa shape index (κ2) is 6.19. The number of nitrogens with zero attached hydrogens (tertiary/aromatic N) is 2. The molecule has 0 aliphatic heterocycles. The van der Waals surface area contributed by atoms with Crippen LogP contribution in [0.25, 0.3) is 6.08 Å². The zero-order valence-corrected chi connectivity index (χ0v) is 11.9. The van der Waals surface area contributed by atoms with Gasteiger partial charge in [0.2, 0.25) is 0 Å². The third-order valence-corrected chi connectivity index (χ3v) is 3.75. The van der Waals surface area contributed by atoms with E-state index >= 15 is 0 Å². The summed E-state index contributed by atoms with van der Waals surface area (Å²) in [5.41, 5.74) is 0.639. The summed E-state index contributed by atoms with van der Waals surface area (Å²) in [7, 11) is 1.61. The second-order valence-electron chi connectivity index (χ2n) is 4.18. The third-order valence-electron chi connectivity index (χ3n) is 2.75. The fourth-order valence-corrected chi connectivity index (χ4v) is 2.32. The van der Waals surface area contributed by atoms with Crippen molar-refractivity contribution in [3.8, 4) is 5.75 Å². The summed E-state index contributed by atoms with van der Waals surface area (Å²) in [5.74, 6) is -0.141. The molecule has 0 unspecified atom stereocenters. The highest BCUT2D eigenvalue weighted by molar-refractivity contribution is 7.16. The van der Waals surface area contributed by atoms with E-state index in [0.29, 0.717) is 10.6 Å². The van der Waals surface area contributed by atoms with Gasteiger partial charge in [-0.1, -0.05) is 11.3 Å². The number of likely N-dealkylation sites (N-methyl/N-ethyl adjacent to an activating group) is 1. The van der Waals surface area contributed by atoms with E-state index in [1.165, 1.54) is 35.3 Å². The largest absolute Gasteiger partial charge is 0.508 e. The van der Waals surface area contributed by atoms with Crippen LogP contribution in [0.5, 0.6) is 5.75 Å². The van der Waals surface area contributed by atoms with Crippen LogP contribution in [0.2, 0.25) is 0 Å². The number of hydrogen-bond acceptors (Lipinski definition) is 5. The number of thiophene rings is 1. The van der Waals surface area contributed by atoms with Crippen LogP contribution in [0.4, 0.5) is 10.7 Å². The molecule has 0 radical (unpaired) electrons. The van der Waals surface area contributed by atoms with Crippen molar-refractivity contribution in [2.75, 3.05) is 11.9 Å². The number of nitro groups is 1. The lowest BCUT2D eigenvalue weighted by Crippen LogP contribution is -2.23. The number of benzene rings is 1. The topological polar surface area (TPSA) is 83.7 Å². The number of carbonyl (C=O) groups is 1. The molecule has 21 heavy (non-hydrogen) atoms. The Bertz CT molecular complexity index is 691. The number of anilines is 1. The van der Waals surface area contributed by atoms with Crippen LogP contribution in [0.15, 0.2) is 42.5 Å². The van der Waals surface area contributed by atoms with Gasteiger partial charge in [-0.15, -0.1) is 0 Å². The van der Waals surface area contributed by atoms with E-state index in [9.17, 15) is 20.0 Å². The molecule has 0 fully saturated rings. The summed E-state index contributed by atoms with van der Waals surface area (Å²) in [4.78, 5) is 24.1. The Morgan fingerprint density at radius 3 is 2.52 bits per heavy atom. The summed E-state index contributed by atoms with van der Waals surface area (Å²) >= 11 is 1.00. The Labute approximate surface area is 124 Å². The summed E-state index contributed by atoms with van der Waals surface area (Å²) in [6, 6.07) is 9.22. The number of rotatable bonds is 4. The minimum atomic E-state index is -0.466. The fraction of sp³-hybridized carbons (Fsp3) is 0.0714. The van der Waals surface area contributed by atoms with Gasteiger partial charge in [-0.25, -0.2) is 0 Å². The van der Waals surface area contributed by atoms with Gasteiger partial charge in [0.25, 0.3) is 5.91 Å². The molecule has 108 valence electrons. The van der Waals surface area contributed by atoms with Crippen LogP contribution < -0.4 is 4.90 Å². The fourth-order valence-electron chi connectivity index (χ4n) is 1.60. The van der Waals surface area contributed by atoms with Crippen molar-refractivity contribution < 1.29 is 14.8 Å². The molecule has 1 aromatic heterocycles. The molecule has 0 spiro atoms. The normalized spacial score (nSPS) is 10.7. The molecule has 0 bridgehead atoms. The van der Waals surface area contributed by atoms with E-state index in [1.807, 2.05) is 0 Å². The summed E-state index contributed by atoms with van der Waals surface area (Å²) < 4.78 is 0. The molecule has 1 N–H and O–H groups in total. The first-order valence-electron chi connectivity index (χ1n) is 5.96. The smallest absolute Gasteiger partial charge is 0.324 e. The van der Waals surface area contributed by atoms with Gasteiger partial charge in [-0.05, 0) is 36.4 Å². The first-order valence-corrected chi connectivity index (χ1v) is 6.78. The lowest BCUT2D eigenvalue weighted by molar-refractivity contribution is -0.380. The predicted molar refractivity (Wildman–Crippen MR) is 81.5 cm³/mol. The van der Waals surface area contributed by atoms with Crippen LogP contribution in [0.3, 0.4) is 0 Å². The highest BCUT2D eigenvalue weighted by Crippen LogP contribution is 2.25. The van der Waals surface area contributed by atoms with Crippen LogP contribution in [0.1, 0.15) is 4.88 Å².